The second-order valence-electron chi connectivity index (χ2n) is 17.1. The van der Waals surface area contributed by atoms with E-state index in [0.717, 1.165) is 35.4 Å². The van der Waals surface area contributed by atoms with Crippen LogP contribution in [0.25, 0.3) is 0 Å². The number of azo groups is 2. The zero-order valence-electron chi connectivity index (χ0n) is 40.9. The van der Waals surface area contributed by atoms with Crippen LogP contribution in [0.5, 0.6) is 11.5 Å². The minimum Gasteiger partial charge on any atom is -0.744 e. The molecule has 22 nitrogen and oxygen atoms in total. The fourth-order valence-corrected chi connectivity index (χ4v) is 10.9. The van der Waals surface area contributed by atoms with Gasteiger partial charge in [-0.05, 0) is 110 Å². The molecular formula is C47H44N10Na2O12S4. The minimum absolute atomic E-state index is 0. The van der Waals surface area contributed by atoms with Gasteiger partial charge >= 0.3 is 79.4 Å². The molecule has 380 valence electrons. The first-order valence-corrected chi connectivity index (χ1v) is 27.2. The Balaban J connectivity index is 0.00000457. The maximum absolute atomic E-state index is 13.7. The summed E-state index contributed by atoms with van der Waals surface area (Å²) in [5.41, 5.74) is 20.9. The van der Waals surface area contributed by atoms with Crippen molar-refractivity contribution in [3.63, 3.8) is 0 Å². The van der Waals surface area contributed by atoms with Crippen LogP contribution in [0, 0.1) is 0 Å². The van der Waals surface area contributed by atoms with Crippen LogP contribution in [0.4, 0.5) is 22.7 Å². The molecule has 0 aromatic heterocycles. The van der Waals surface area contributed by atoms with Crippen molar-refractivity contribution in [1.29, 1.82) is 0 Å². The maximum Gasteiger partial charge on any atom is 1.00 e. The van der Waals surface area contributed by atoms with Gasteiger partial charge in [0, 0.05) is 29.0 Å². The first-order chi connectivity index (χ1) is 34.2. The van der Waals surface area contributed by atoms with Gasteiger partial charge < -0.3 is 17.5 Å². The number of nitrogens with one attached hydrogen (secondary N) is 2. The van der Waals surface area contributed by atoms with Crippen LogP contribution >= 0.6 is 0 Å². The Labute approximate surface area is 477 Å². The van der Waals surface area contributed by atoms with Gasteiger partial charge in [-0.2, -0.15) is 27.1 Å². The molecule has 2 aliphatic rings. The van der Waals surface area contributed by atoms with Crippen molar-refractivity contribution in [2.45, 2.75) is 64.3 Å². The molecule has 2 atom stereocenters. The Morgan fingerprint density at radius 3 is 1.21 bits per heavy atom. The Bertz CT molecular complexity index is 3500. The summed E-state index contributed by atoms with van der Waals surface area (Å²) in [5.74, 6) is -3.63. The first kappa shape index (κ1) is 58.7. The van der Waals surface area contributed by atoms with Crippen molar-refractivity contribution in [3.8, 4) is 11.5 Å². The molecule has 28 heteroatoms. The Hall–Kier alpha value is -5.56. The van der Waals surface area contributed by atoms with Gasteiger partial charge in [-0.3, -0.25) is 22.3 Å². The summed E-state index contributed by atoms with van der Waals surface area (Å²) in [6, 6.07) is 34.1. The van der Waals surface area contributed by atoms with E-state index >= 15 is 0 Å². The van der Waals surface area contributed by atoms with Crippen molar-refractivity contribution in [2.24, 2.45) is 31.9 Å². The van der Waals surface area contributed by atoms with Crippen molar-refractivity contribution in [2.75, 3.05) is 10.0 Å². The van der Waals surface area contributed by atoms with Crippen LogP contribution in [0.2, 0.25) is 0 Å². The molecule has 2 aliphatic heterocycles. The standard InChI is InChI=1S/C47H46N10O12S4.2Na/c1-31-29-46(48,56(52-31)35-11-9-13-39(27-35)70(58,59)60)54-50-41-15-5-7-17-43(41)72(64,65)68-37-23-19-33(20-24-37)45(3,4)34-21-25-38(26-22-34)69-73(66,67)44-18-8-6-16-42(44)51-55-47(49)30-32(2)53-57(47)36-12-10-14-40(28-36)71(61,62)63;;/h5-30,52-53H,48-49H2,1-4H3,(H,58,59,60)(H,61,62,63);;/q;2*+1/p-2. The SMILES string of the molecule is CC1=CC(N)(N=Nc2ccccc2S(=O)(=O)Oc2ccc(C(C)(C)c3ccc(OS(=O)(=O)c4ccccc4N=NC4(N)C=C(C)NN4c4cccc(S(=O)(=O)[O-])c4)cc3)cc2)N(c2cccc(S(=O)(=O)[O-])c2)N1.[Na+].[Na+]. The second kappa shape index (κ2) is 22.2. The topological polar surface area (TPSA) is 333 Å². The number of nitrogens with zero attached hydrogens (tertiary/aromatic N) is 6. The van der Waals surface area contributed by atoms with Gasteiger partial charge in [0.2, 0.25) is 11.6 Å². The molecule has 2 heterocycles. The van der Waals surface area contributed by atoms with Crippen molar-refractivity contribution in [3.05, 3.63) is 180 Å². The van der Waals surface area contributed by atoms with Crippen molar-refractivity contribution < 1.29 is 110 Å². The van der Waals surface area contributed by atoms with E-state index in [-0.39, 0.29) is 103 Å². The van der Waals surface area contributed by atoms with E-state index < -0.39 is 67.3 Å². The van der Waals surface area contributed by atoms with Crippen LogP contribution < -0.4 is 99.8 Å². The Morgan fingerprint density at radius 2 is 0.867 bits per heavy atom. The van der Waals surface area contributed by atoms with Gasteiger partial charge in [-0.15, -0.1) is 10.2 Å². The number of anilines is 2. The van der Waals surface area contributed by atoms with Gasteiger partial charge in [0.1, 0.15) is 52.9 Å². The van der Waals surface area contributed by atoms with Crippen molar-refractivity contribution >= 4 is 63.2 Å². The van der Waals surface area contributed by atoms with E-state index in [1.807, 2.05) is 13.8 Å². The summed E-state index contributed by atoms with van der Waals surface area (Å²) in [4.78, 5) is -1.68. The number of nitrogens with two attached hydrogens (primary N) is 2. The summed E-state index contributed by atoms with van der Waals surface area (Å²) in [6.45, 7) is 7.13. The summed E-state index contributed by atoms with van der Waals surface area (Å²) < 4.78 is 136. The molecule has 0 saturated carbocycles. The fourth-order valence-electron chi connectivity index (χ4n) is 7.74. The van der Waals surface area contributed by atoms with Crippen molar-refractivity contribution in [1.82, 2.24) is 10.9 Å². The number of hydrazine groups is 2. The number of benzene rings is 6. The van der Waals surface area contributed by atoms with Crippen LogP contribution in [0.3, 0.4) is 0 Å². The molecule has 0 amide bonds. The maximum atomic E-state index is 13.7. The predicted octanol–water partition coefficient (Wildman–Crippen LogP) is 0.614. The predicted molar refractivity (Wildman–Crippen MR) is 264 cm³/mol. The molecule has 0 saturated heterocycles. The van der Waals surface area contributed by atoms with E-state index in [0.29, 0.717) is 11.4 Å². The number of hydrogen-bond acceptors (Lipinski definition) is 22. The number of rotatable bonds is 16. The Morgan fingerprint density at radius 1 is 0.520 bits per heavy atom. The van der Waals surface area contributed by atoms with Crippen LogP contribution in [-0.4, -0.2) is 54.4 Å². The molecule has 0 bridgehead atoms. The van der Waals surface area contributed by atoms with E-state index in [9.17, 15) is 42.8 Å². The zero-order chi connectivity index (χ0) is 52.8. The average molecular weight is 1120 g/mol. The Kier molecular flexibility index (Phi) is 17.4. The van der Waals surface area contributed by atoms with E-state index in [2.05, 4.69) is 31.3 Å². The second-order valence-corrected chi connectivity index (χ2v) is 22.9. The van der Waals surface area contributed by atoms with E-state index in [4.69, 9.17) is 19.8 Å². The molecule has 0 aliphatic carbocycles. The van der Waals surface area contributed by atoms with Crippen LogP contribution in [-0.2, 0) is 45.9 Å². The zero-order valence-corrected chi connectivity index (χ0v) is 48.1. The first-order valence-electron chi connectivity index (χ1n) is 21.5. The third-order valence-electron chi connectivity index (χ3n) is 11.3. The molecule has 8 rings (SSSR count). The molecule has 0 spiro atoms. The number of allylic oxidation sites excluding steroid dienone is 2. The largest absolute Gasteiger partial charge is 1.00 e. The summed E-state index contributed by atoms with van der Waals surface area (Å²) in [5, 5.41) is 19.3. The molecule has 0 fully saturated rings. The van der Waals surface area contributed by atoms with Gasteiger partial charge in [0.15, 0.2) is 0 Å². The molecule has 2 unspecified atom stereocenters. The van der Waals surface area contributed by atoms with Gasteiger partial charge in [-0.25, -0.2) is 26.9 Å². The van der Waals surface area contributed by atoms with Gasteiger partial charge in [-0.1, -0.05) is 74.5 Å². The number of hydrogen-bond donors (Lipinski definition) is 4. The molecule has 6 aromatic carbocycles. The summed E-state index contributed by atoms with van der Waals surface area (Å²) >= 11 is 0. The normalized spacial score (nSPS) is 18.1. The quantitative estimate of drug-likeness (QED) is 0.0446. The van der Waals surface area contributed by atoms with Crippen LogP contribution in [0.15, 0.2) is 209 Å². The molecule has 75 heavy (non-hydrogen) atoms. The fraction of sp³-hybridized carbons (Fsp3) is 0.149. The third-order valence-corrected chi connectivity index (χ3v) is 15.6. The summed E-state index contributed by atoms with van der Waals surface area (Å²) in [7, 11) is -18.7. The van der Waals surface area contributed by atoms with Crippen LogP contribution in [0.1, 0.15) is 38.8 Å². The third kappa shape index (κ3) is 13.0. The molecule has 0 radical (unpaired) electrons. The smallest absolute Gasteiger partial charge is 0.744 e. The van der Waals surface area contributed by atoms with E-state index in [1.165, 1.54) is 119 Å². The summed E-state index contributed by atoms with van der Waals surface area (Å²) in [6.07, 6.45) is 2.94. The molecular weight excluding hydrogens is 1070 g/mol. The molecule has 6 aromatic rings. The van der Waals surface area contributed by atoms with Gasteiger partial charge in [0.25, 0.3) is 0 Å². The molecule has 6 N–H and O–H groups in total. The van der Waals surface area contributed by atoms with E-state index in [1.54, 1.807) is 38.1 Å². The average Bonchev–Trinajstić information content (AvgIpc) is 3.82. The minimum atomic E-state index is -4.80. The monoisotopic (exact) mass is 1110 g/mol. The van der Waals surface area contributed by atoms with Gasteiger partial charge in [0.05, 0.1) is 21.2 Å².